The van der Waals surface area contributed by atoms with E-state index in [0.29, 0.717) is 31.0 Å². The second kappa shape index (κ2) is 27.5. The van der Waals surface area contributed by atoms with E-state index in [1.54, 1.807) is 64.9 Å². The van der Waals surface area contributed by atoms with Crippen molar-refractivity contribution in [2.24, 2.45) is 47.3 Å². The number of aliphatic hydroxyl groups excluding tert-OH is 1. The van der Waals surface area contributed by atoms with E-state index in [-0.39, 0.29) is 50.4 Å². The Kier molecular flexibility index (Phi) is 22.3. The largest absolute Gasteiger partial charge is 0.481 e. The lowest BCUT2D eigenvalue weighted by molar-refractivity contribution is -0.340. The predicted molar refractivity (Wildman–Crippen MR) is 294 cm³/mol. The molecule has 6 rings (SSSR count). The number of Topliss-reactive ketones (excluding diaryl/α,β-unsaturated/α-hetero) is 2. The number of nitrogens with zero attached hydrogens (tertiary/aromatic N) is 2. The van der Waals surface area contributed by atoms with Crippen LogP contribution in [-0.2, 0) is 61.9 Å². The normalized spacial score (nSPS) is 39.0. The van der Waals surface area contributed by atoms with Gasteiger partial charge >= 0.3 is 23.9 Å². The molecule has 460 valence electrons. The maximum absolute atomic E-state index is 14.8. The maximum Gasteiger partial charge on any atom is 0.321 e. The Morgan fingerprint density at radius 1 is 0.902 bits per heavy atom. The molecular formula is C59H90N4O19. The first-order valence-electron chi connectivity index (χ1n) is 28.9. The summed E-state index contributed by atoms with van der Waals surface area (Å²) in [6.45, 7) is 15.0. The SMILES string of the molecule is CC[C@H]1OC(=O)[C@H](C)[C@@H](OC2C[C@@](C)(OC)[C@@H](OC(=O)CCNCCNc3ccc4c(c3)C(C3CC3)CC(C(=O)O)C4=O)[C@H](C)O2)[C@H](C)[C@@H](OC2O[C@H](OC)C[C@H](N(C)C)[C@H]2O)[C@](C)(O)C[C@@H](C)C(=O)[C@H](C)[C@H](C(C#N)C(=O)O)[C@]1(C)O. The molecule has 7 N–H and O–H groups in total. The number of hydrogen-bond donors (Lipinski definition) is 7. The highest BCUT2D eigenvalue weighted by Gasteiger charge is 2.57. The van der Waals surface area contributed by atoms with Crippen molar-refractivity contribution in [1.29, 1.82) is 5.26 Å². The summed E-state index contributed by atoms with van der Waals surface area (Å²) < 4.78 is 50.0. The fraction of sp³-hybridized carbons (Fsp3) is 0.780. The van der Waals surface area contributed by atoms with E-state index in [4.69, 9.17) is 37.9 Å². The number of fused-ring (bicyclic) bond motifs is 1. The van der Waals surface area contributed by atoms with Crippen molar-refractivity contribution in [1.82, 2.24) is 10.2 Å². The van der Waals surface area contributed by atoms with Gasteiger partial charge in [0.15, 0.2) is 30.8 Å². The summed E-state index contributed by atoms with van der Waals surface area (Å²) in [5, 5.41) is 73.8. The molecule has 1 aromatic rings. The number of ether oxygens (including phenoxy) is 8. The number of hydrogen-bond acceptors (Lipinski definition) is 21. The van der Waals surface area contributed by atoms with Crippen molar-refractivity contribution in [3.05, 3.63) is 29.3 Å². The fourth-order valence-corrected chi connectivity index (χ4v) is 13.4. The quantitative estimate of drug-likeness (QED) is 0.0544. The number of carboxylic acid groups (broad SMARTS) is 2. The van der Waals surface area contributed by atoms with Crippen molar-refractivity contribution in [2.45, 2.75) is 198 Å². The van der Waals surface area contributed by atoms with Crippen LogP contribution in [0.3, 0.4) is 0 Å². The highest BCUT2D eigenvalue weighted by molar-refractivity contribution is 6.10. The first-order valence-corrected chi connectivity index (χ1v) is 28.9. The third kappa shape index (κ3) is 14.8. The first kappa shape index (κ1) is 66.4. The molecule has 0 spiro atoms. The molecular weight excluding hydrogens is 1070 g/mol. The van der Waals surface area contributed by atoms with Crippen molar-refractivity contribution < 1.29 is 92.2 Å². The van der Waals surface area contributed by atoms with Gasteiger partial charge in [-0.1, -0.05) is 27.7 Å². The molecule has 1 saturated carbocycles. The lowest BCUT2D eigenvalue weighted by atomic mass is 9.66. The number of likely N-dealkylation sites (N-methyl/N-ethyl adjacent to an activating group) is 1. The summed E-state index contributed by atoms with van der Waals surface area (Å²) in [5.41, 5.74) is -3.38. The molecule has 0 amide bonds. The third-order valence-corrected chi connectivity index (χ3v) is 18.1. The second-order valence-electron chi connectivity index (χ2n) is 24.5. The molecule has 23 heteroatoms. The van der Waals surface area contributed by atoms with Crippen LogP contribution in [0.25, 0.3) is 0 Å². The average molecular weight is 1160 g/mol. The summed E-state index contributed by atoms with van der Waals surface area (Å²) in [7, 11) is 6.42. The number of esters is 2. The predicted octanol–water partition coefficient (Wildman–Crippen LogP) is 4.27. The molecule has 23 nitrogen and oxygen atoms in total. The third-order valence-electron chi connectivity index (χ3n) is 18.1. The van der Waals surface area contributed by atoms with Crippen molar-refractivity contribution in [2.75, 3.05) is 53.3 Å². The van der Waals surface area contributed by atoms with Crippen LogP contribution in [0.4, 0.5) is 5.69 Å². The molecule has 3 saturated heterocycles. The number of benzene rings is 1. The summed E-state index contributed by atoms with van der Waals surface area (Å²) in [5.74, 6) is -14.0. The number of nitrogens with one attached hydrogen (secondary N) is 2. The zero-order valence-corrected chi connectivity index (χ0v) is 49.8. The monoisotopic (exact) mass is 1160 g/mol. The Morgan fingerprint density at radius 3 is 2.17 bits per heavy atom. The van der Waals surface area contributed by atoms with E-state index in [9.17, 15) is 59.6 Å². The minimum Gasteiger partial charge on any atom is -0.481 e. The molecule has 0 bridgehead atoms. The Bertz CT molecular complexity index is 2460. The number of aliphatic carboxylic acids is 2. The van der Waals surface area contributed by atoms with Gasteiger partial charge in [0, 0.05) is 87.7 Å². The van der Waals surface area contributed by atoms with Crippen LogP contribution in [0.5, 0.6) is 0 Å². The second-order valence-corrected chi connectivity index (χ2v) is 24.5. The van der Waals surface area contributed by atoms with Crippen LogP contribution >= 0.6 is 0 Å². The Balaban J connectivity index is 1.21. The number of aliphatic hydroxyl groups is 3. The Hall–Kier alpha value is -4.71. The van der Waals surface area contributed by atoms with Gasteiger partial charge in [0.05, 0.1) is 42.3 Å². The van der Waals surface area contributed by atoms with Crippen LogP contribution in [0.15, 0.2) is 18.2 Å². The molecule has 4 fully saturated rings. The number of cyclic esters (lactones) is 1. The van der Waals surface area contributed by atoms with Gasteiger partial charge in [-0.3, -0.25) is 28.8 Å². The first-order chi connectivity index (χ1) is 38.5. The van der Waals surface area contributed by atoms with E-state index in [1.165, 1.54) is 48.8 Å². The fourth-order valence-electron chi connectivity index (χ4n) is 13.4. The van der Waals surface area contributed by atoms with Crippen LogP contribution in [0.1, 0.15) is 136 Å². The van der Waals surface area contributed by atoms with Gasteiger partial charge in [-0.25, -0.2) is 0 Å². The van der Waals surface area contributed by atoms with E-state index in [2.05, 4.69) is 10.6 Å². The lowest BCUT2D eigenvalue weighted by Crippen LogP contribution is -2.61. The Morgan fingerprint density at radius 2 is 1.59 bits per heavy atom. The van der Waals surface area contributed by atoms with Crippen LogP contribution < -0.4 is 10.6 Å². The molecule has 1 aromatic carbocycles. The van der Waals surface area contributed by atoms with Gasteiger partial charge in [-0.2, -0.15) is 5.26 Å². The Labute approximate surface area is 481 Å². The molecule has 2 aliphatic carbocycles. The zero-order valence-electron chi connectivity index (χ0n) is 49.8. The number of anilines is 1. The molecule has 0 aromatic heterocycles. The van der Waals surface area contributed by atoms with Gasteiger partial charge in [0.1, 0.15) is 41.0 Å². The summed E-state index contributed by atoms with van der Waals surface area (Å²) in [6, 6.07) is 6.62. The van der Waals surface area contributed by atoms with Crippen LogP contribution in [0.2, 0.25) is 0 Å². The number of carbonyl (C=O) groups excluding carboxylic acids is 4. The van der Waals surface area contributed by atoms with E-state index < -0.39 is 149 Å². The van der Waals surface area contributed by atoms with Gasteiger partial charge in [-0.05, 0) is 116 Å². The van der Waals surface area contributed by atoms with E-state index in [1.807, 2.05) is 6.07 Å². The molecule has 5 aliphatic rings. The number of rotatable bonds is 20. The highest BCUT2D eigenvalue weighted by Crippen LogP contribution is 2.50. The maximum atomic E-state index is 14.8. The van der Waals surface area contributed by atoms with Crippen LogP contribution in [-0.4, -0.2) is 192 Å². The summed E-state index contributed by atoms with van der Waals surface area (Å²) in [6.07, 6.45) is -8.70. The number of methoxy groups -OCH3 is 2. The number of nitriles is 1. The smallest absolute Gasteiger partial charge is 0.321 e. The lowest BCUT2D eigenvalue weighted by Gasteiger charge is -2.49. The molecule has 3 heterocycles. The van der Waals surface area contributed by atoms with Gasteiger partial charge < -0.3 is 79.0 Å². The average Bonchev–Trinajstić information content (AvgIpc) is 4.40. The van der Waals surface area contributed by atoms with Gasteiger partial charge in [0.25, 0.3) is 0 Å². The van der Waals surface area contributed by atoms with Crippen molar-refractivity contribution in [3.8, 4) is 6.07 Å². The van der Waals surface area contributed by atoms with Gasteiger partial charge in [-0.15, -0.1) is 0 Å². The van der Waals surface area contributed by atoms with Crippen molar-refractivity contribution in [3.63, 3.8) is 0 Å². The minimum atomic E-state index is -2.26. The standard InChI is InChI=1S/C59H90N4O19/c1-14-42-59(9,74)46(40(28-60)54(70)71)30(3)47(65)29(2)26-57(7,73)51(82-56-49(67)41(63(10)11)25-44(75-12)81-56)31(4)50(32(5)55(72)78-42)80-45-27-58(8,76-13)52(33(6)77-45)79-43(64)19-20-61-21-22-62-35-17-18-36-38(23-35)37(34-15-16-34)24-39(48(36)66)53(68)69/h17-18,23,29-34,37,39-42,44-46,49-52,56,61-62,67,73-74H,14-16,19-22,24-27H2,1-13H3,(H,68,69)(H,70,71)/t29-,30-,31+,32-,33+,37?,39?,40?,41+,42-,44+,45?,46-,49-,50+,51-,52+,56?,57-,58-,59-/m1/s1. The highest BCUT2D eigenvalue weighted by atomic mass is 16.8. The van der Waals surface area contributed by atoms with E-state index in [0.717, 1.165) is 24.1 Å². The number of ketones is 2. The zero-order chi connectivity index (χ0) is 60.9. The number of carboxylic acids is 2. The van der Waals surface area contributed by atoms with E-state index >= 15 is 0 Å². The molecule has 82 heavy (non-hydrogen) atoms. The summed E-state index contributed by atoms with van der Waals surface area (Å²) >= 11 is 0. The topological polar surface area (TPSA) is 328 Å². The molecule has 5 unspecified atom stereocenters. The van der Waals surface area contributed by atoms with Crippen molar-refractivity contribution >= 4 is 41.1 Å². The number of carbonyl (C=O) groups is 6. The molecule has 3 aliphatic heterocycles. The molecule has 0 radical (unpaired) electrons. The van der Waals surface area contributed by atoms with Crippen LogP contribution in [0, 0.1) is 58.7 Å². The summed E-state index contributed by atoms with van der Waals surface area (Å²) in [4.78, 5) is 82.2. The van der Waals surface area contributed by atoms with Gasteiger partial charge in [0.2, 0.25) is 0 Å². The molecule has 21 atom stereocenters. The minimum absolute atomic E-state index is 0.0128.